The molecule has 222 valence electrons. The maximum atomic E-state index is 12.9. The second-order valence-corrected chi connectivity index (χ2v) is 12.5. The van der Waals surface area contributed by atoms with Gasteiger partial charge in [0.05, 0.1) is 53.8 Å². The van der Waals surface area contributed by atoms with Gasteiger partial charge in [-0.05, 0) is 69.7 Å². The standard InChI is InChI=1S/C33H37N7O3/c1-20-27(17-35-40(20)23-11-14-42-15-12-23)30-37-29-26(10-13-34-31(29)38-30)22-8-9-25-21(16-22)6-5-7-28(25)36-32(41)39-18-24(19-39)43-33(2,3)4/h5-10,13,16-17,23-24H,11-12,14-15,18-19H2,1-4H3,(H,36,41)(H,34,37,38). The zero-order chi connectivity index (χ0) is 29.7. The van der Waals surface area contributed by atoms with Gasteiger partial charge in [-0.3, -0.25) is 4.68 Å². The molecule has 2 amide bonds. The highest BCUT2D eigenvalue weighted by atomic mass is 16.5. The quantitative estimate of drug-likeness (QED) is 0.252. The Balaban J connectivity index is 1.14. The van der Waals surface area contributed by atoms with Crippen LogP contribution in [0.1, 0.15) is 45.3 Å². The van der Waals surface area contributed by atoms with Gasteiger partial charge in [0, 0.05) is 36.1 Å². The molecule has 2 aliphatic rings. The first-order valence-electron chi connectivity index (χ1n) is 15.0. The Labute approximate surface area is 250 Å². The molecule has 5 heterocycles. The number of pyridine rings is 1. The SMILES string of the molecule is Cc1c(-c2nc3nccc(-c4ccc5c(NC(=O)N6CC(OC(C)(C)C)C6)cccc5c4)c3[nH]2)cnn1C1CCOCC1. The number of amides is 2. The van der Waals surface area contributed by atoms with Crippen molar-refractivity contribution in [3.05, 3.63) is 60.6 Å². The van der Waals surface area contributed by atoms with Gasteiger partial charge < -0.3 is 24.7 Å². The Kier molecular flexibility index (Phi) is 6.90. The molecule has 0 saturated carbocycles. The van der Waals surface area contributed by atoms with Gasteiger partial charge in [0.25, 0.3) is 0 Å². The van der Waals surface area contributed by atoms with Crippen molar-refractivity contribution < 1.29 is 14.3 Å². The second kappa shape index (κ2) is 10.8. The monoisotopic (exact) mass is 579 g/mol. The lowest BCUT2D eigenvalue weighted by molar-refractivity contribution is -0.110. The highest BCUT2D eigenvalue weighted by molar-refractivity contribution is 6.04. The first-order valence-corrected chi connectivity index (χ1v) is 15.0. The zero-order valence-corrected chi connectivity index (χ0v) is 25.1. The third-order valence-electron chi connectivity index (χ3n) is 8.32. The third kappa shape index (κ3) is 5.36. The number of fused-ring (bicyclic) bond motifs is 2. The van der Waals surface area contributed by atoms with E-state index in [9.17, 15) is 4.79 Å². The number of imidazole rings is 1. The number of anilines is 1. The molecule has 0 bridgehead atoms. The number of rotatable bonds is 5. The minimum Gasteiger partial charge on any atom is -0.381 e. The number of H-pyrrole nitrogens is 1. The average molecular weight is 580 g/mol. The first-order chi connectivity index (χ1) is 20.7. The Morgan fingerprint density at radius 1 is 1.09 bits per heavy atom. The van der Waals surface area contributed by atoms with E-state index in [1.807, 2.05) is 45.2 Å². The van der Waals surface area contributed by atoms with Gasteiger partial charge in [0.1, 0.15) is 5.82 Å². The van der Waals surface area contributed by atoms with Crippen LogP contribution in [-0.2, 0) is 9.47 Å². The van der Waals surface area contributed by atoms with Crippen LogP contribution in [0.15, 0.2) is 54.9 Å². The van der Waals surface area contributed by atoms with Crippen LogP contribution < -0.4 is 5.32 Å². The first kappa shape index (κ1) is 27.5. The molecule has 10 heteroatoms. The van der Waals surface area contributed by atoms with Gasteiger partial charge in [-0.2, -0.15) is 5.10 Å². The van der Waals surface area contributed by atoms with Gasteiger partial charge in [-0.15, -0.1) is 0 Å². The summed E-state index contributed by atoms with van der Waals surface area (Å²) in [5.74, 6) is 0.762. The lowest BCUT2D eigenvalue weighted by atomic mass is 10.0. The Morgan fingerprint density at radius 2 is 1.91 bits per heavy atom. The van der Waals surface area contributed by atoms with Gasteiger partial charge in [-0.1, -0.05) is 24.3 Å². The number of hydrogen-bond acceptors (Lipinski definition) is 6. The van der Waals surface area contributed by atoms with E-state index in [1.54, 1.807) is 11.1 Å². The van der Waals surface area contributed by atoms with Crippen molar-refractivity contribution in [2.75, 3.05) is 31.6 Å². The summed E-state index contributed by atoms with van der Waals surface area (Å²) in [7, 11) is 0. The van der Waals surface area contributed by atoms with Crippen molar-refractivity contribution >= 4 is 33.7 Å². The van der Waals surface area contributed by atoms with E-state index in [-0.39, 0.29) is 17.7 Å². The zero-order valence-electron chi connectivity index (χ0n) is 25.1. The highest BCUT2D eigenvalue weighted by Crippen LogP contribution is 2.34. The van der Waals surface area contributed by atoms with E-state index in [2.05, 4.69) is 51.2 Å². The molecule has 10 nitrogen and oxygen atoms in total. The van der Waals surface area contributed by atoms with Crippen LogP contribution in [0.5, 0.6) is 0 Å². The molecule has 43 heavy (non-hydrogen) atoms. The van der Waals surface area contributed by atoms with Crippen LogP contribution in [0, 0.1) is 6.92 Å². The molecule has 2 fully saturated rings. The van der Waals surface area contributed by atoms with Gasteiger partial charge in [-0.25, -0.2) is 14.8 Å². The van der Waals surface area contributed by atoms with Crippen molar-refractivity contribution in [1.82, 2.24) is 29.6 Å². The molecule has 2 N–H and O–H groups in total. The fourth-order valence-electron chi connectivity index (χ4n) is 6.17. The Morgan fingerprint density at radius 3 is 2.70 bits per heavy atom. The summed E-state index contributed by atoms with van der Waals surface area (Å²) in [6, 6.07) is 14.5. The van der Waals surface area contributed by atoms with Crippen LogP contribution in [-0.4, -0.2) is 73.7 Å². The van der Waals surface area contributed by atoms with Gasteiger partial charge >= 0.3 is 6.03 Å². The lowest BCUT2D eigenvalue weighted by Gasteiger charge is -2.41. The molecule has 2 saturated heterocycles. The number of ether oxygens (including phenoxy) is 2. The molecule has 3 aromatic heterocycles. The molecule has 5 aromatic rings. The molecule has 0 aliphatic carbocycles. The predicted octanol–water partition coefficient (Wildman–Crippen LogP) is 6.33. The number of nitrogens with zero attached hydrogens (tertiary/aromatic N) is 5. The number of aromatic amines is 1. The minimum atomic E-state index is -0.217. The lowest BCUT2D eigenvalue weighted by Crippen LogP contribution is -2.57. The summed E-state index contributed by atoms with van der Waals surface area (Å²) in [4.78, 5) is 27.7. The summed E-state index contributed by atoms with van der Waals surface area (Å²) in [5, 5.41) is 9.82. The third-order valence-corrected chi connectivity index (χ3v) is 8.32. The fourth-order valence-corrected chi connectivity index (χ4v) is 6.17. The van der Waals surface area contributed by atoms with E-state index < -0.39 is 0 Å². The number of urea groups is 1. The van der Waals surface area contributed by atoms with E-state index in [0.29, 0.717) is 24.8 Å². The smallest absolute Gasteiger partial charge is 0.322 e. The van der Waals surface area contributed by atoms with Crippen LogP contribution in [0.25, 0.3) is 44.5 Å². The van der Waals surface area contributed by atoms with Crippen molar-refractivity contribution in [3.63, 3.8) is 0 Å². The van der Waals surface area contributed by atoms with E-state index in [1.165, 1.54) is 0 Å². The predicted molar refractivity (Wildman–Crippen MR) is 167 cm³/mol. The molecule has 2 aromatic carbocycles. The van der Waals surface area contributed by atoms with Crippen LogP contribution in [0.2, 0.25) is 0 Å². The van der Waals surface area contributed by atoms with Crippen molar-refractivity contribution in [3.8, 4) is 22.5 Å². The molecule has 0 radical (unpaired) electrons. The molecular weight excluding hydrogens is 542 g/mol. The average Bonchev–Trinajstić information content (AvgIpc) is 3.57. The summed E-state index contributed by atoms with van der Waals surface area (Å²) in [6.07, 6.45) is 5.70. The van der Waals surface area contributed by atoms with E-state index in [0.717, 1.165) is 76.2 Å². The number of hydrogen-bond donors (Lipinski definition) is 2. The van der Waals surface area contributed by atoms with Crippen molar-refractivity contribution in [1.29, 1.82) is 0 Å². The van der Waals surface area contributed by atoms with Gasteiger partial charge in [0.15, 0.2) is 5.65 Å². The molecular formula is C33H37N7O3. The van der Waals surface area contributed by atoms with Crippen molar-refractivity contribution in [2.45, 2.75) is 58.3 Å². The largest absolute Gasteiger partial charge is 0.381 e. The number of aromatic nitrogens is 5. The summed E-state index contributed by atoms with van der Waals surface area (Å²) >= 11 is 0. The van der Waals surface area contributed by atoms with Gasteiger partial charge in [0.2, 0.25) is 0 Å². The Bertz CT molecular complexity index is 1810. The van der Waals surface area contributed by atoms with E-state index in [4.69, 9.17) is 19.6 Å². The Hall–Kier alpha value is -4.28. The summed E-state index contributed by atoms with van der Waals surface area (Å²) < 4.78 is 13.6. The highest BCUT2D eigenvalue weighted by Gasteiger charge is 2.34. The summed E-state index contributed by atoms with van der Waals surface area (Å²) in [5.41, 5.74) is 6.23. The fraction of sp³-hybridized carbons (Fsp3) is 0.394. The number of carbonyl (C=O) groups excluding carboxylic acids is 1. The number of nitrogens with one attached hydrogen (secondary N) is 2. The number of carbonyl (C=O) groups is 1. The molecule has 0 spiro atoms. The minimum absolute atomic E-state index is 0.0770. The van der Waals surface area contributed by atoms with E-state index >= 15 is 0 Å². The maximum absolute atomic E-state index is 12.9. The topological polar surface area (TPSA) is 110 Å². The molecule has 2 aliphatic heterocycles. The van der Waals surface area contributed by atoms with Crippen LogP contribution >= 0.6 is 0 Å². The number of likely N-dealkylation sites (tertiary alicyclic amines) is 1. The number of benzene rings is 2. The maximum Gasteiger partial charge on any atom is 0.322 e. The molecule has 0 atom stereocenters. The molecule has 7 rings (SSSR count). The van der Waals surface area contributed by atoms with Crippen LogP contribution in [0.4, 0.5) is 10.5 Å². The second-order valence-electron chi connectivity index (χ2n) is 12.5. The van der Waals surface area contributed by atoms with Crippen LogP contribution in [0.3, 0.4) is 0 Å². The summed E-state index contributed by atoms with van der Waals surface area (Å²) in [6.45, 7) is 10.9. The molecule has 0 unspecified atom stereocenters. The van der Waals surface area contributed by atoms with Crippen molar-refractivity contribution in [2.24, 2.45) is 0 Å². The normalized spacial score (nSPS) is 16.6.